The maximum Gasteiger partial charge on any atom is 0.231 e. The summed E-state index contributed by atoms with van der Waals surface area (Å²) >= 11 is 0. The summed E-state index contributed by atoms with van der Waals surface area (Å²) in [6, 6.07) is 10.4. The van der Waals surface area contributed by atoms with Gasteiger partial charge in [0, 0.05) is 39.3 Å². The number of piperazine rings is 1. The molecule has 1 atom stereocenters. The summed E-state index contributed by atoms with van der Waals surface area (Å²) in [5.41, 5.74) is 4.72. The molecule has 1 fully saturated rings. The lowest BCUT2D eigenvalue weighted by molar-refractivity contribution is 0.0443. The fourth-order valence-electron chi connectivity index (χ4n) is 4.35. The first-order chi connectivity index (χ1) is 14.5. The van der Waals surface area contributed by atoms with Gasteiger partial charge >= 0.3 is 0 Å². The highest BCUT2D eigenvalue weighted by molar-refractivity contribution is 5.44. The summed E-state index contributed by atoms with van der Waals surface area (Å²) in [5, 5.41) is 10.5. The summed E-state index contributed by atoms with van der Waals surface area (Å²) in [5.74, 6) is 2.57. The third-order valence-electron chi connectivity index (χ3n) is 5.80. The molecule has 0 aliphatic carbocycles. The van der Waals surface area contributed by atoms with Crippen LogP contribution in [0.1, 0.15) is 22.3 Å². The highest BCUT2D eigenvalue weighted by Crippen LogP contribution is 2.33. The van der Waals surface area contributed by atoms with Crippen LogP contribution in [0.5, 0.6) is 17.2 Å². The summed E-state index contributed by atoms with van der Waals surface area (Å²) in [6.07, 6.45) is -0.495. The van der Waals surface area contributed by atoms with E-state index in [0.717, 1.165) is 61.1 Å². The molecule has 1 N–H and O–H groups in total. The molecule has 2 aromatic rings. The van der Waals surface area contributed by atoms with E-state index >= 15 is 0 Å². The van der Waals surface area contributed by atoms with Gasteiger partial charge in [0.1, 0.15) is 18.5 Å². The Morgan fingerprint density at radius 2 is 1.60 bits per heavy atom. The van der Waals surface area contributed by atoms with E-state index in [1.165, 1.54) is 11.1 Å². The van der Waals surface area contributed by atoms with Crippen LogP contribution in [-0.4, -0.2) is 67.1 Å². The molecule has 0 bridgehead atoms. The molecule has 30 heavy (non-hydrogen) atoms. The molecule has 0 aromatic heterocycles. The molecule has 2 aromatic carbocycles. The lowest BCUT2D eigenvalue weighted by atomic mass is 10.1. The fourth-order valence-corrected chi connectivity index (χ4v) is 4.35. The van der Waals surface area contributed by atoms with Crippen LogP contribution in [-0.2, 0) is 6.54 Å². The topological polar surface area (TPSA) is 54.4 Å². The quantitative estimate of drug-likeness (QED) is 0.755. The largest absolute Gasteiger partial charge is 0.490 e. The fraction of sp³-hybridized carbons (Fsp3) is 0.500. The zero-order valence-electron chi connectivity index (χ0n) is 18.2. The number of aliphatic hydroxyl groups excluding tert-OH is 1. The van der Waals surface area contributed by atoms with Crippen molar-refractivity contribution in [2.75, 3.05) is 46.1 Å². The zero-order valence-corrected chi connectivity index (χ0v) is 18.2. The maximum absolute atomic E-state index is 10.5. The second kappa shape index (κ2) is 9.25. The van der Waals surface area contributed by atoms with Gasteiger partial charge in [0.15, 0.2) is 11.5 Å². The molecule has 0 saturated carbocycles. The van der Waals surface area contributed by atoms with Gasteiger partial charge in [-0.2, -0.15) is 0 Å². The first-order valence-electron chi connectivity index (χ1n) is 10.7. The molecule has 6 heteroatoms. The minimum Gasteiger partial charge on any atom is -0.490 e. The Bertz CT molecular complexity index is 854. The Kier molecular flexibility index (Phi) is 6.46. The Morgan fingerprint density at radius 1 is 0.933 bits per heavy atom. The van der Waals surface area contributed by atoms with Gasteiger partial charge in [0.25, 0.3) is 0 Å². The molecule has 0 amide bonds. The van der Waals surface area contributed by atoms with Crippen LogP contribution in [0.4, 0.5) is 0 Å². The molecule has 2 heterocycles. The summed E-state index contributed by atoms with van der Waals surface area (Å²) < 4.78 is 16.8. The molecule has 162 valence electrons. The second-order valence-electron chi connectivity index (χ2n) is 8.46. The Hall–Kier alpha value is -2.28. The van der Waals surface area contributed by atoms with Crippen molar-refractivity contribution in [3.8, 4) is 17.2 Å². The van der Waals surface area contributed by atoms with Crippen molar-refractivity contribution in [1.29, 1.82) is 0 Å². The van der Waals surface area contributed by atoms with E-state index in [1.807, 2.05) is 6.07 Å². The van der Waals surface area contributed by atoms with Crippen LogP contribution in [0.25, 0.3) is 0 Å². The average molecular weight is 413 g/mol. The van der Waals surface area contributed by atoms with Gasteiger partial charge < -0.3 is 19.3 Å². The number of benzene rings is 2. The molecule has 2 aliphatic rings. The predicted molar refractivity (Wildman–Crippen MR) is 116 cm³/mol. The average Bonchev–Trinajstić information content (AvgIpc) is 3.16. The Balaban J connectivity index is 1.21. The van der Waals surface area contributed by atoms with E-state index in [1.54, 1.807) is 0 Å². The minimum absolute atomic E-state index is 0.312. The minimum atomic E-state index is -0.495. The van der Waals surface area contributed by atoms with E-state index in [-0.39, 0.29) is 0 Å². The van der Waals surface area contributed by atoms with E-state index < -0.39 is 6.10 Å². The lowest BCUT2D eigenvalue weighted by Crippen LogP contribution is -2.48. The number of hydrogen-bond donors (Lipinski definition) is 1. The van der Waals surface area contributed by atoms with Crippen LogP contribution < -0.4 is 14.2 Å². The van der Waals surface area contributed by atoms with Crippen molar-refractivity contribution in [2.45, 2.75) is 33.4 Å². The number of fused-ring (bicyclic) bond motifs is 1. The van der Waals surface area contributed by atoms with E-state index in [9.17, 15) is 5.11 Å². The van der Waals surface area contributed by atoms with Gasteiger partial charge in [-0.1, -0.05) is 23.8 Å². The number of aliphatic hydroxyl groups is 1. The number of aryl methyl sites for hydroxylation is 3. The standard InChI is InChI=1S/C24H32N2O4/c1-17-10-18(2)24(19(3)11-17)28-15-21(27)14-26-8-6-25(7-9-26)13-20-4-5-22-23(12-20)30-16-29-22/h4-5,10-12,21,27H,6-9,13-16H2,1-3H3/t21-/m0/s1. The smallest absolute Gasteiger partial charge is 0.231 e. The van der Waals surface area contributed by atoms with Crippen LogP contribution in [0, 0.1) is 20.8 Å². The zero-order chi connectivity index (χ0) is 21.1. The highest BCUT2D eigenvalue weighted by atomic mass is 16.7. The molecular formula is C24H32N2O4. The monoisotopic (exact) mass is 412 g/mol. The number of β-amino-alcohol motifs (C(OH)–C–C–N with tert-alkyl or cyclic N) is 1. The lowest BCUT2D eigenvalue weighted by Gasteiger charge is -2.35. The van der Waals surface area contributed by atoms with Crippen molar-refractivity contribution in [1.82, 2.24) is 9.80 Å². The Morgan fingerprint density at radius 3 is 2.33 bits per heavy atom. The SMILES string of the molecule is Cc1cc(C)c(OC[C@@H](O)CN2CCN(Cc3ccc4c(c3)OCO4)CC2)c(C)c1. The number of rotatable bonds is 7. The number of hydrogen-bond acceptors (Lipinski definition) is 6. The Labute approximate surface area is 179 Å². The van der Waals surface area contributed by atoms with Crippen molar-refractivity contribution < 1.29 is 19.3 Å². The van der Waals surface area contributed by atoms with Crippen LogP contribution in [0.2, 0.25) is 0 Å². The summed E-state index contributed by atoms with van der Waals surface area (Å²) in [4.78, 5) is 4.76. The third-order valence-corrected chi connectivity index (χ3v) is 5.80. The van der Waals surface area contributed by atoms with Gasteiger partial charge in [-0.05, 0) is 49.6 Å². The first-order valence-corrected chi connectivity index (χ1v) is 10.7. The van der Waals surface area contributed by atoms with Crippen molar-refractivity contribution >= 4 is 0 Å². The number of nitrogens with zero attached hydrogens (tertiary/aromatic N) is 2. The van der Waals surface area contributed by atoms with Crippen LogP contribution in [0.3, 0.4) is 0 Å². The first kappa shape index (κ1) is 21.0. The predicted octanol–water partition coefficient (Wildman–Crippen LogP) is 2.90. The van der Waals surface area contributed by atoms with Crippen LogP contribution >= 0.6 is 0 Å². The van der Waals surface area contributed by atoms with Crippen LogP contribution in [0.15, 0.2) is 30.3 Å². The van der Waals surface area contributed by atoms with E-state index in [2.05, 4.69) is 54.8 Å². The molecule has 0 spiro atoms. The molecular weight excluding hydrogens is 380 g/mol. The summed E-state index contributed by atoms with van der Waals surface area (Å²) in [7, 11) is 0. The van der Waals surface area contributed by atoms with Gasteiger partial charge in [-0.25, -0.2) is 0 Å². The number of ether oxygens (including phenoxy) is 3. The molecule has 0 unspecified atom stereocenters. The summed E-state index contributed by atoms with van der Waals surface area (Å²) in [6.45, 7) is 12.2. The van der Waals surface area contributed by atoms with E-state index in [4.69, 9.17) is 14.2 Å². The van der Waals surface area contributed by atoms with Crippen molar-refractivity contribution in [3.63, 3.8) is 0 Å². The normalized spacial score (nSPS) is 17.9. The molecule has 0 radical (unpaired) electrons. The van der Waals surface area contributed by atoms with Gasteiger partial charge in [0.2, 0.25) is 6.79 Å². The second-order valence-corrected chi connectivity index (χ2v) is 8.46. The van der Waals surface area contributed by atoms with Gasteiger partial charge in [-0.15, -0.1) is 0 Å². The molecule has 6 nitrogen and oxygen atoms in total. The molecule has 4 rings (SSSR count). The highest BCUT2D eigenvalue weighted by Gasteiger charge is 2.21. The van der Waals surface area contributed by atoms with Gasteiger partial charge in [-0.3, -0.25) is 9.80 Å². The van der Waals surface area contributed by atoms with Gasteiger partial charge in [0.05, 0.1) is 0 Å². The molecule has 1 saturated heterocycles. The van der Waals surface area contributed by atoms with E-state index in [0.29, 0.717) is 19.9 Å². The maximum atomic E-state index is 10.5. The molecule has 2 aliphatic heterocycles. The van der Waals surface area contributed by atoms with Crippen molar-refractivity contribution in [3.05, 3.63) is 52.6 Å². The van der Waals surface area contributed by atoms with Crippen molar-refractivity contribution in [2.24, 2.45) is 0 Å². The third kappa shape index (κ3) is 5.06.